The average molecular weight is 411 g/mol. The fraction of sp³-hybridized carbons (Fsp3) is 0.167. The number of benzene rings is 2. The van der Waals surface area contributed by atoms with Gasteiger partial charge in [-0.3, -0.25) is 14.0 Å². The SMILES string of the molecule is Cc1c(-c2cccc(NC(=O)[C@H]3CC(=O)N(c4ccccc4)C3)c2)nc2ncccn12. The second-order valence-electron chi connectivity index (χ2n) is 7.65. The van der Waals surface area contributed by atoms with Crippen molar-refractivity contribution in [2.24, 2.45) is 5.92 Å². The van der Waals surface area contributed by atoms with E-state index in [9.17, 15) is 9.59 Å². The fourth-order valence-electron chi connectivity index (χ4n) is 4.01. The molecule has 5 rings (SSSR count). The number of rotatable bonds is 4. The van der Waals surface area contributed by atoms with Gasteiger partial charge in [-0.25, -0.2) is 9.97 Å². The molecule has 2 aromatic carbocycles. The van der Waals surface area contributed by atoms with Gasteiger partial charge in [-0.1, -0.05) is 30.3 Å². The molecule has 0 spiro atoms. The zero-order chi connectivity index (χ0) is 21.4. The number of nitrogens with one attached hydrogen (secondary N) is 1. The van der Waals surface area contributed by atoms with E-state index in [1.807, 2.05) is 78.2 Å². The first-order chi connectivity index (χ1) is 15.1. The van der Waals surface area contributed by atoms with Crippen molar-refractivity contribution in [2.75, 3.05) is 16.8 Å². The van der Waals surface area contributed by atoms with Crippen molar-refractivity contribution in [1.29, 1.82) is 0 Å². The molecule has 0 aliphatic carbocycles. The van der Waals surface area contributed by atoms with E-state index in [-0.39, 0.29) is 18.2 Å². The minimum Gasteiger partial charge on any atom is -0.326 e. The molecule has 1 saturated heterocycles. The van der Waals surface area contributed by atoms with Crippen molar-refractivity contribution in [3.05, 3.63) is 78.8 Å². The van der Waals surface area contributed by atoms with E-state index < -0.39 is 5.92 Å². The van der Waals surface area contributed by atoms with Gasteiger partial charge in [0, 0.05) is 48.0 Å². The zero-order valence-electron chi connectivity index (χ0n) is 17.0. The third-order valence-electron chi connectivity index (χ3n) is 5.61. The van der Waals surface area contributed by atoms with Gasteiger partial charge in [-0.05, 0) is 37.3 Å². The second-order valence-corrected chi connectivity index (χ2v) is 7.65. The Labute approximate surface area is 179 Å². The molecule has 0 saturated carbocycles. The fourth-order valence-corrected chi connectivity index (χ4v) is 4.01. The van der Waals surface area contributed by atoms with Gasteiger partial charge in [-0.15, -0.1) is 0 Å². The molecule has 0 unspecified atom stereocenters. The minimum atomic E-state index is -0.391. The molecular weight excluding hydrogens is 390 g/mol. The van der Waals surface area contributed by atoms with Gasteiger partial charge >= 0.3 is 0 Å². The highest BCUT2D eigenvalue weighted by molar-refractivity contribution is 6.03. The molecule has 7 heteroatoms. The Morgan fingerprint density at radius 1 is 1.10 bits per heavy atom. The van der Waals surface area contributed by atoms with Crippen LogP contribution < -0.4 is 10.2 Å². The summed E-state index contributed by atoms with van der Waals surface area (Å²) in [6.45, 7) is 2.37. The first-order valence-corrected chi connectivity index (χ1v) is 10.2. The molecule has 3 heterocycles. The number of fused-ring (bicyclic) bond motifs is 1. The van der Waals surface area contributed by atoms with E-state index in [1.54, 1.807) is 11.1 Å². The van der Waals surface area contributed by atoms with E-state index >= 15 is 0 Å². The highest BCUT2D eigenvalue weighted by Gasteiger charge is 2.35. The van der Waals surface area contributed by atoms with Crippen LogP contribution in [-0.4, -0.2) is 32.7 Å². The standard InChI is InChI=1S/C24H21N5O2/c1-16-22(27-24-25-11-6-12-28(16)24)17-7-5-8-19(13-17)26-23(31)18-14-21(30)29(15-18)20-9-3-2-4-10-20/h2-13,18H,14-15H2,1H3,(H,26,31)/t18-/m0/s1. The molecule has 31 heavy (non-hydrogen) atoms. The number of para-hydroxylation sites is 1. The summed E-state index contributed by atoms with van der Waals surface area (Å²) in [6, 6.07) is 18.9. The van der Waals surface area contributed by atoms with Crippen molar-refractivity contribution in [3.8, 4) is 11.3 Å². The van der Waals surface area contributed by atoms with Crippen LogP contribution in [0.3, 0.4) is 0 Å². The first kappa shape index (κ1) is 19.0. The Hall–Kier alpha value is -4.00. The van der Waals surface area contributed by atoms with Crippen LogP contribution in [0.15, 0.2) is 73.1 Å². The third-order valence-corrected chi connectivity index (χ3v) is 5.61. The Bertz CT molecular complexity index is 1280. The Morgan fingerprint density at radius 2 is 1.94 bits per heavy atom. The highest BCUT2D eigenvalue weighted by atomic mass is 16.2. The minimum absolute atomic E-state index is 0.0343. The number of nitrogens with zero attached hydrogens (tertiary/aromatic N) is 4. The Morgan fingerprint density at radius 3 is 2.74 bits per heavy atom. The van der Waals surface area contributed by atoms with Crippen molar-refractivity contribution in [1.82, 2.24) is 14.4 Å². The number of imidazole rings is 1. The molecular formula is C24H21N5O2. The average Bonchev–Trinajstić information content (AvgIpc) is 3.35. The maximum absolute atomic E-state index is 12.9. The van der Waals surface area contributed by atoms with Gasteiger partial charge in [0.05, 0.1) is 11.6 Å². The van der Waals surface area contributed by atoms with Crippen LogP contribution in [-0.2, 0) is 9.59 Å². The van der Waals surface area contributed by atoms with E-state index in [0.717, 1.165) is 22.6 Å². The van der Waals surface area contributed by atoms with Gasteiger partial charge in [0.1, 0.15) is 0 Å². The third kappa shape index (κ3) is 3.54. The summed E-state index contributed by atoms with van der Waals surface area (Å²) in [5.74, 6) is 0.0534. The summed E-state index contributed by atoms with van der Waals surface area (Å²) in [5, 5.41) is 2.97. The second kappa shape index (κ2) is 7.68. The maximum atomic E-state index is 12.9. The summed E-state index contributed by atoms with van der Waals surface area (Å²) >= 11 is 0. The Balaban J connectivity index is 1.34. The van der Waals surface area contributed by atoms with Gasteiger partial charge in [0.15, 0.2) is 0 Å². The van der Waals surface area contributed by atoms with Crippen LogP contribution in [0.25, 0.3) is 17.0 Å². The molecule has 1 aliphatic heterocycles. The predicted molar refractivity (Wildman–Crippen MR) is 119 cm³/mol. The number of carbonyl (C=O) groups excluding carboxylic acids is 2. The zero-order valence-corrected chi connectivity index (χ0v) is 17.0. The van der Waals surface area contributed by atoms with E-state index in [4.69, 9.17) is 0 Å². The number of hydrogen-bond acceptors (Lipinski definition) is 4. The molecule has 154 valence electrons. The van der Waals surface area contributed by atoms with Gasteiger partial charge in [0.2, 0.25) is 17.6 Å². The molecule has 0 radical (unpaired) electrons. The lowest BCUT2D eigenvalue weighted by atomic mass is 10.1. The molecule has 1 fully saturated rings. The number of anilines is 2. The van der Waals surface area contributed by atoms with Crippen LogP contribution in [0.4, 0.5) is 11.4 Å². The van der Waals surface area contributed by atoms with Crippen LogP contribution >= 0.6 is 0 Å². The summed E-state index contributed by atoms with van der Waals surface area (Å²) in [7, 11) is 0. The topological polar surface area (TPSA) is 79.6 Å². The molecule has 2 aromatic heterocycles. The first-order valence-electron chi connectivity index (χ1n) is 10.2. The van der Waals surface area contributed by atoms with Gasteiger partial charge in [0.25, 0.3) is 0 Å². The molecule has 7 nitrogen and oxygen atoms in total. The molecule has 1 N–H and O–H groups in total. The van der Waals surface area contributed by atoms with Crippen molar-refractivity contribution in [3.63, 3.8) is 0 Å². The lowest BCUT2D eigenvalue weighted by molar-refractivity contribution is -0.122. The van der Waals surface area contributed by atoms with Crippen molar-refractivity contribution >= 4 is 29.0 Å². The Kier molecular flexibility index (Phi) is 4.71. The number of amides is 2. The van der Waals surface area contributed by atoms with Gasteiger partial charge < -0.3 is 10.2 Å². The summed E-state index contributed by atoms with van der Waals surface area (Å²) < 4.78 is 1.93. The lowest BCUT2D eigenvalue weighted by Crippen LogP contribution is -2.28. The number of hydrogen-bond donors (Lipinski definition) is 1. The van der Waals surface area contributed by atoms with Crippen LogP contribution in [0.2, 0.25) is 0 Å². The maximum Gasteiger partial charge on any atom is 0.234 e. The molecule has 2 amide bonds. The summed E-state index contributed by atoms with van der Waals surface area (Å²) in [4.78, 5) is 35.9. The van der Waals surface area contributed by atoms with Crippen LogP contribution in [0, 0.1) is 12.8 Å². The van der Waals surface area contributed by atoms with E-state index in [0.29, 0.717) is 18.0 Å². The quantitative estimate of drug-likeness (QED) is 0.555. The smallest absolute Gasteiger partial charge is 0.234 e. The lowest BCUT2D eigenvalue weighted by Gasteiger charge is -2.16. The van der Waals surface area contributed by atoms with Gasteiger partial charge in [-0.2, -0.15) is 0 Å². The van der Waals surface area contributed by atoms with Crippen LogP contribution in [0.1, 0.15) is 12.1 Å². The monoisotopic (exact) mass is 411 g/mol. The predicted octanol–water partition coefficient (Wildman–Crippen LogP) is 3.70. The largest absolute Gasteiger partial charge is 0.326 e. The van der Waals surface area contributed by atoms with E-state index in [2.05, 4.69) is 15.3 Å². The summed E-state index contributed by atoms with van der Waals surface area (Å²) in [6.07, 6.45) is 3.84. The number of aryl methyl sites for hydroxylation is 1. The number of carbonyl (C=O) groups is 2. The van der Waals surface area contributed by atoms with Crippen LogP contribution in [0.5, 0.6) is 0 Å². The molecule has 0 bridgehead atoms. The highest BCUT2D eigenvalue weighted by Crippen LogP contribution is 2.28. The summed E-state index contributed by atoms with van der Waals surface area (Å²) in [5.41, 5.74) is 4.19. The van der Waals surface area contributed by atoms with Crippen molar-refractivity contribution in [2.45, 2.75) is 13.3 Å². The van der Waals surface area contributed by atoms with E-state index in [1.165, 1.54) is 0 Å². The van der Waals surface area contributed by atoms with Crippen molar-refractivity contribution < 1.29 is 9.59 Å². The normalized spacial score (nSPS) is 16.1. The molecule has 4 aromatic rings. The number of aromatic nitrogens is 3. The molecule has 1 atom stereocenters. The molecule has 1 aliphatic rings.